The van der Waals surface area contributed by atoms with Gasteiger partial charge in [0, 0.05) is 17.7 Å². The van der Waals surface area contributed by atoms with E-state index >= 15 is 0 Å². The second-order valence-electron chi connectivity index (χ2n) is 4.29. The highest BCUT2D eigenvalue weighted by atomic mass is 35.5. The summed E-state index contributed by atoms with van der Waals surface area (Å²) in [5.41, 5.74) is 1.60. The van der Waals surface area contributed by atoms with Crippen LogP contribution in [0.1, 0.15) is 15.9 Å². The van der Waals surface area contributed by atoms with Gasteiger partial charge in [0.25, 0.3) is 11.6 Å². The molecule has 2 rings (SSSR count). The summed E-state index contributed by atoms with van der Waals surface area (Å²) in [6.07, 6.45) is 0.926. The highest BCUT2D eigenvalue weighted by molar-refractivity contribution is 6.34. The van der Waals surface area contributed by atoms with Crippen LogP contribution in [0.3, 0.4) is 0 Å². The Hall–Kier alpha value is -2.87. The van der Waals surface area contributed by atoms with E-state index in [2.05, 4.69) is 10.5 Å². The predicted octanol–water partition coefficient (Wildman–Crippen LogP) is 3.29. The molecule has 0 spiro atoms. The number of nitro benzene ring substituents is 1. The molecule has 0 atom stereocenters. The molecular formula is C14H8ClF2N3O3. The molecular weight excluding hydrogens is 332 g/mol. The zero-order valence-corrected chi connectivity index (χ0v) is 12.1. The maximum absolute atomic E-state index is 13.3. The Morgan fingerprint density at radius 1 is 1.26 bits per heavy atom. The predicted molar refractivity (Wildman–Crippen MR) is 79.5 cm³/mol. The van der Waals surface area contributed by atoms with Gasteiger partial charge < -0.3 is 0 Å². The lowest BCUT2D eigenvalue weighted by Crippen LogP contribution is -2.18. The summed E-state index contributed by atoms with van der Waals surface area (Å²) in [6, 6.07) is 6.06. The van der Waals surface area contributed by atoms with Crippen molar-refractivity contribution in [1.82, 2.24) is 5.43 Å². The van der Waals surface area contributed by atoms with Crippen LogP contribution in [0.2, 0.25) is 5.02 Å². The number of nitrogens with zero attached hydrogens (tertiary/aromatic N) is 2. The molecule has 0 saturated carbocycles. The summed E-state index contributed by atoms with van der Waals surface area (Å²) in [5, 5.41) is 13.9. The Morgan fingerprint density at radius 3 is 2.65 bits per heavy atom. The van der Waals surface area contributed by atoms with Gasteiger partial charge in [0.1, 0.15) is 11.6 Å². The second kappa shape index (κ2) is 6.93. The molecule has 0 aromatic heterocycles. The van der Waals surface area contributed by atoms with Crippen LogP contribution >= 0.6 is 11.6 Å². The molecule has 0 aliphatic carbocycles. The van der Waals surface area contributed by atoms with Gasteiger partial charge in [-0.2, -0.15) is 5.10 Å². The molecule has 23 heavy (non-hydrogen) atoms. The normalized spacial score (nSPS) is 10.7. The molecule has 0 aliphatic rings. The quantitative estimate of drug-likeness (QED) is 0.527. The minimum atomic E-state index is -0.752. The van der Waals surface area contributed by atoms with Crippen molar-refractivity contribution in [3.63, 3.8) is 0 Å². The summed E-state index contributed by atoms with van der Waals surface area (Å²) in [5.74, 6) is -2.12. The van der Waals surface area contributed by atoms with E-state index < -0.39 is 22.5 Å². The van der Waals surface area contributed by atoms with Crippen molar-refractivity contribution in [1.29, 1.82) is 0 Å². The summed E-state index contributed by atoms with van der Waals surface area (Å²) >= 11 is 5.78. The van der Waals surface area contributed by atoms with Crippen molar-refractivity contribution in [2.75, 3.05) is 0 Å². The molecule has 0 aliphatic heterocycles. The van der Waals surface area contributed by atoms with Crippen LogP contribution < -0.4 is 5.43 Å². The lowest BCUT2D eigenvalue weighted by atomic mass is 10.2. The topological polar surface area (TPSA) is 84.6 Å². The molecule has 0 saturated heterocycles. The standard InChI is InChI=1S/C14H8ClF2N3O3/c15-12-6-10(20(22)23)2-3-11(12)14(21)19-18-7-8-5-9(16)1-4-13(8)17/h1-7H,(H,19,21)/b18-7+. The molecule has 0 radical (unpaired) electrons. The van der Waals surface area contributed by atoms with Gasteiger partial charge in [-0.1, -0.05) is 11.6 Å². The molecule has 1 amide bonds. The molecule has 2 aromatic rings. The van der Waals surface area contributed by atoms with Gasteiger partial charge in [-0.3, -0.25) is 14.9 Å². The van der Waals surface area contributed by atoms with Crippen LogP contribution in [0.5, 0.6) is 0 Å². The first kappa shape index (κ1) is 16.5. The summed E-state index contributed by atoms with van der Waals surface area (Å²) in [6.45, 7) is 0. The minimum Gasteiger partial charge on any atom is -0.267 e. The van der Waals surface area contributed by atoms with Crippen LogP contribution in [-0.2, 0) is 0 Å². The minimum absolute atomic E-state index is 0.0471. The number of rotatable bonds is 4. The van der Waals surface area contributed by atoms with Gasteiger partial charge in [-0.05, 0) is 24.3 Å². The van der Waals surface area contributed by atoms with Gasteiger partial charge >= 0.3 is 0 Å². The van der Waals surface area contributed by atoms with E-state index in [1.165, 1.54) is 0 Å². The fourth-order valence-electron chi connectivity index (χ4n) is 1.64. The molecule has 1 N–H and O–H groups in total. The summed E-state index contributed by atoms with van der Waals surface area (Å²) in [7, 11) is 0. The molecule has 0 unspecified atom stereocenters. The van der Waals surface area contributed by atoms with Crippen LogP contribution in [0.25, 0.3) is 0 Å². The van der Waals surface area contributed by atoms with Gasteiger partial charge in [0.2, 0.25) is 0 Å². The molecule has 0 heterocycles. The number of hydrogen-bond donors (Lipinski definition) is 1. The first-order chi connectivity index (χ1) is 10.9. The third kappa shape index (κ3) is 4.07. The Balaban J connectivity index is 2.12. The lowest BCUT2D eigenvalue weighted by molar-refractivity contribution is -0.384. The van der Waals surface area contributed by atoms with E-state index in [-0.39, 0.29) is 21.8 Å². The van der Waals surface area contributed by atoms with Crippen LogP contribution in [0, 0.1) is 21.7 Å². The maximum atomic E-state index is 13.3. The average molecular weight is 340 g/mol. The number of hydrazone groups is 1. The third-order valence-electron chi connectivity index (χ3n) is 2.74. The van der Waals surface area contributed by atoms with E-state index in [0.29, 0.717) is 0 Å². The van der Waals surface area contributed by atoms with Gasteiger partial charge in [-0.25, -0.2) is 14.2 Å². The van der Waals surface area contributed by atoms with E-state index in [1.54, 1.807) is 0 Å². The van der Waals surface area contributed by atoms with Crippen molar-refractivity contribution < 1.29 is 18.5 Å². The zero-order chi connectivity index (χ0) is 17.0. The Labute approximate surface area is 133 Å². The Bertz CT molecular complexity index is 812. The number of amides is 1. The van der Waals surface area contributed by atoms with Crippen molar-refractivity contribution >= 4 is 29.4 Å². The number of hydrogen-bond acceptors (Lipinski definition) is 4. The van der Waals surface area contributed by atoms with E-state index in [0.717, 1.165) is 42.6 Å². The third-order valence-corrected chi connectivity index (χ3v) is 3.05. The molecule has 6 nitrogen and oxygen atoms in total. The first-order valence-electron chi connectivity index (χ1n) is 6.11. The highest BCUT2D eigenvalue weighted by Gasteiger charge is 2.14. The SMILES string of the molecule is O=C(N/N=C/c1cc(F)ccc1F)c1ccc([N+](=O)[O-])cc1Cl. The van der Waals surface area contributed by atoms with Crippen molar-refractivity contribution in [2.45, 2.75) is 0 Å². The number of nitro groups is 1. The molecule has 0 fully saturated rings. The molecule has 9 heteroatoms. The number of non-ortho nitro benzene ring substituents is 1. The Morgan fingerprint density at radius 2 is 2.00 bits per heavy atom. The molecule has 0 bridgehead atoms. The van der Waals surface area contributed by atoms with E-state index in [1.807, 2.05) is 0 Å². The van der Waals surface area contributed by atoms with Crippen LogP contribution in [0.15, 0.2) is 41.5 Å². The number of carbonyl (C=O) groups is 1. The molecule has 118 valence electrons. The maximum Gasteiger partial charge on any atom is 0.272 e. The van der Waals surface area contributed by atoms with Crippen molar-refractivity contribution in [2.24, 2.45) is 5.10 Å². The van der Waals surface area contributed by atoms with Crippen LogP contribution in [0.4, 0.5) is 14.5 Å². The zero-order valence-electron chi connectivity index (χ0n) is 11.3. The number of halogens is 3. The molecule has 2 aromatic carbocycles. The lowest BCUT2D eigenvalue weighted by Gasteiger charge is -2.02. The van der Waals surface area contributed by atoms with E-state index in [4.69, 9.17) is 11.6 Å². The summed E-state index contributed by atoms with van der Waals surface area (Å²) < 4.78 is 26.3. The average Bonchev–Trinajstić information content (AvgIpc) is 2.50. The van der Waals surface area contributed by atoms with Crippen molar-refractivity contribution in [3.05, 3.63) is 74.3 Å². The van der Waals surface area contributed by atoms with Gasteiger partial charge in [-0.15, -0.1) is 0 Å². The second-order valence-corrected chi connectivity index (χ2v) is 4.69. The first-order valence-corrected chi connectivity index (χ1v) is 6.48. The number of carbonyl (C=O) groups excluding carboxylic acids is 1. The van der Waals surface area contributed by atoms with Crippen molar-refractivity contribution in [3.8, 4) is 0 Å². The van der Waals surface area contributed by atoms with Crippen LogP contribution in [-0.4, -0.2) is 17.0 Å². The number of benzene rings is 2. The smallest absolute Gasteiger partial charge is 0.267 e. The van der Waals surface area contributed by atoms with Gasteiger partial charge in [0.15, 0.2) is 0 Å². The highest BCUT2D eigenvalue weighted by Crippen LogP contribution is 2.22. The summed E-state index contributed by atoms with van der Waals surface area (Å²) in [4.78, 5) is 21.8. The fourth-order valence-corrected chi connectivity index (χ4v) is 1.90. The van der Waals surface area contributed by atoms with E-state index in [9.17, 15) is 23.7 Å². The number of nitrogens with one attached hydrogen (secondary N) is 1. The van der Waals surface area contributed by atoms with Gasteiger partial charge in [0.05, 0.1) is 21.7 Å². The fraction of sp³-hybridized carbons (Fsp3) is 0. The monoisotopic (exact) mass is 339 g/mol. The largest absolute Gasteiger partial charge is 0.272 e. The Kier molecular flexibility index (Phi) is 4.97.